The number of hydrogen-bond donors (Lipinski definition) is 1. The third-order valence-corrected chi connectivity index (χ3v) is 8.32. The Kier molecular flexibility index (Phi) is 0.802. The van der Waals surface area contributed by atoms with Crippen molar-refractivity contribution in [2.75, 3.05) is 13.2 Å². The number of rotatable bonds is 0. The maximum absolute atomic E-state index is 6.46. The van der Waals surface area contributed by atoms with Gasteiger partial charge in [-0.2, -0.15) is 0 Å². The SMILES string of the molecule is NC12C3C4C1C1C2C3C1(Br)C41OCCO1. The fraction of sp³-hybridized carbons (Fsp3) is 1.00. The van der Waals surface area contributed by atoms with E-state index in [9.17, 15) is 0 Å². The molecule has 2 N–H and O–H groups in total. The van der Waals surface area contributed by atoms with Gasteiger partial charge in [0.15, 0.2) is 5.79 Å². The van der Waals surface area contributed by atoms with E-state index in [1.807, 2.05) is 0 Å². The minimum atomic E-state index is -0.270. The van der Waals surface area contributed by atoms with Crippen LogP contribution in [-0.4, -0.2) is 28.9 Å². The van der Waals surface area contributed by atoms with E-state index in [0.717, 1.165) is 31.0 Å². The molecule has 80 valence electrons. The van der Waals surface area contributed by atoms with Gasteiger partial charge in [-0.05, 0) is 29.6 Å². The van der Waals surface area contributed by atoms with Crippen molar-refractivity contribution >= 4 is 15.9 Å². The summed E-state index contributed by atoms with van der Waals surface area (Å²) < 4.78 is 12.2. The minimum absolute atomic E-state index is 0.155. The van der Waals surface area contributed by atoms with Crippen molar-refractivity contribution in [3.63, 3.8) is 0 Å². The molecule has 6 aliphatic carbocycles. The maximum Gasteiger partial charge on any atom is 0.187 e. The van der Waals surface area contributed by atoms with Crippen LogP contribution in [0.4, 0.5) is 0 Å². The fourth-order valence-electron chi connectivity index (χ4n) is 6.70. The van der Waals surface area contributed by atoms with Gasteiger partial charge >= 0.3 is 0 Å². The van der Waals surface area contributed by atoms with Gasteiger partial charge < -0.3 is 15.2 Å². The first-order valence-electron chi connectivity index (χ1n) is 5.95. The van der Waals surface area contributed by atoms with Gasteiger partial charge in [0.05, 0.1) is 17.5 Å². The van der Waals surface area contributed by atoms with Crippen LogP contribution in [0.1, 0.15) is 0 Å². The van der Waals surface area contributed by atoms with E-state index in [1.165, 1.54) is 0 Å². The normalized spacial score (nSPS) is 82.0. The van der Waals surface area contributed by atoms with Gasteiger partial charge in [0, 0.05) is 11.5 Å². The first kappa shape index (κ1) is 7.64. The summed E-state index contributed by atoms with van der Waals surface area (Å²) in [6, 6.07) is 0. The van der Waals surface area contributed by atoms with Crippen molar-refractivity contribution < 1.29 is 9.47 Å². The van der Waals surface area contributed by atoms with Crippen LogP contribution in [0.5, 0.6) is 0 Å². The zero-order valence-electron chi connectivity index (χ0n) is 8.15. The molecule has 0 aromatic carbocycles. The summed E-state index contributed by atoms with van der Waals surface area (Å²) in [6.45, 7) is 1.54. The molecular weight excluding hydrogens is 258 g/mol. The Bertz CT molecular complexity index is 412. The van der Waals surface area contributed by atoms with E-state index < -0.39 is 0 Å². The van der Waals surface area contributed by atoms with Gasteiger partial charge in [-0.25, -0.2) is 0 Å². The average molecular weight is 270 g/mol. The molecule has 4 heteroatoms. The number of nitrogens with two attached hydrogens (primary N) is 1. The van der Waals surface area contributed by atoms with E-state index in [4.69, 9.17) is 15.2 Å². The van der Waals surface area contributed by atoms with Crippen molar-refractivity contribution in [2.24, 2.45) is 41.2 Å². The van der Waals surface area contributed by atoms with Crippen LogP contribution in [0.3, 0.4) is 0 Å². The Morgan fingerprint density at radius 2 is 1.47 bits per heavy atom. The molecule has 4 unspecified atom stereocenters. The van der Waals surface area contributed by atoms with Gasteiger partial charge in [-0.1, -0.05) is 15.9 Å². The Morgan fingerprint density at radius 1 is 0.933 bits per heavy atom. The van der Waals surface area contributed by atoms with Crippen molar-refractivity contribution in [3.8, 4) is 0 Å². The van der Waals surface area contributed by atoms with Crippen LogP contribution in [-0.2, 0) is 9.47 Å². The Hall–Kier alpha value is 0.360. The van der Waals surface area contributed by atoms with Gasteiger partial charge in [0.25, 0.3) is 0 Å². The number of ether oxygens (including phenoxy) is 2. The molecule has 7 fully saturated rings. The Labute approximate surface area is 95.8 Å². The van der Waals surface area contributed by atoms with E-state index in [1.54, 1.807) is 0 Å². The lowest BCUT2D eigenvalue weighted by molar-refractivity contribution is -0.381. The Balaban J connectivity index is 1.65. The van der Waals surface area contributed by atoms with Crippen molar-refractivity contribution in [1.82, 2.24) is 0 Å². The lowest BCUT2D eigenvalue weighted by Crippen LogP contribution is -2.99. The van der Waals surface area contributed by atoms with Crippen LogP contribution in [0, 0.1) is 35.5 Å². The lowest BCUT2D eigenvalue weighted by atomic mass is 9.16. The quantitative estimate of drug-likeness (QED) is 0.645. The highest BCUT2D eigenvalue weighted by atomic mass is 79.9. The monoisotopic (exact) mass is 269 g/mol. The molecule has 0 aromatic heterocycles. The molecule has 6 saturated carbocycles. The topological polar surface area (TPSA) is 44.5 Å². The largest absolute Gasteiger partial charge is 0.346 e. The molecule has 1 spiro atoms. The van der Waals surface area contributed by atoms with Gasteiger partial charge in [0.1, 0.15) is 0 Å². The molecule has 0 radical (unpaired) electrons. The molecule has 15 heavy (non-hydrogen) atoms. The average Bonchev–Trinajstić information content (AvgIpc) is 2.78. The lowest BCUT2D eigenvalue weighted by Gasteiger charge is -2.90. The van der Waals surface area contributed by atoms with Gasteiger partial charge in [-0.15, -0.1) is 0 Å². The highest BCUT2D eigenvalue weighted by molar-refractivity contribution is 9.10. The summed E-state index contributed by atoms with van der Waals surface area (Å²) >= 11 is 3.99. The van der Waals surface area contributed by atoms with Crippen LogP contribution in [0.25, 0.3) is 0 Å². The molecule has 3 nitrogen and oxygen atoms in total. The van der Waals surface area contributed by atoms with Crippen LogP contribution < -0.4 is 5.73 Å². The van der Waals surface area contributed by atoms with Crippen LogP contribution >= 0.6 is 15.9 Å². The molecule has 4 atom stereocenters. The molecule has 1 saturated heterocycles. The summed E-state index contributed by atoms with van der Waals surface area (Å²) in [4.78, 5) is 0. The minimum Gasteiger partial charge on any atom is -0.346 e. The van der Waals surface area contributed by atoms with E-state index in [-0.39, 0.29) is 15.7 Å². The van der Waals surface area contributed by atoms with E-state index >= 15 is 0 Å². The predicted molar refractivity (Wildman–Crippen MR) is 54.2 cm³/mol. The predicted octanol–water partition coefficient (Wildman–Crippen LogP) is 0.326. The zero-order valence-corrected chi connectivity index (χ0v) is 9.74. The fourth-order valence-corrected chi connectivity index (χ4v) is 8.33. The second kappa shape index (κ2) is 1.57. The molecule has 0 amide bonds. The third-order valence-electron chi connectivity index (χ3n) is 6.71. The standard InChI is InChI=1S/C11H12BrNO2/c12-10-6-3-7(10)5-8(4(6)9(3,5)13)11(10)14-1-2-15-11/h3-8H,1-2,13H2. The molecule has 7 aliphatic rings. The third kappa shape index (κ3) is 0.357. The van der Waals surface area contributed by atoms with Crippen LogP contribution in [0.15, 0.2) is 0 Å². The van der Waals surface area contributed by atoms with Gasteiger partial charge in [-0.3, -0.25) is 0 Å². The molecule has 0 aromatic rings. The number of alkyl halides is 1. The summed E-state index contributed by atoms with van der Waals surface area (Å²) in [5.41, 5.74) is 6.68. The maximum atomic E-state index is 6.46. The Morgan fingerprint density at radius 3 is 2.00 bits per heavy atom. The number of halogens is 1. The second-order valence-corrected chi connectivity index (χ2v) is 7.60. The summed E-state index contributed by atoms with van der Waals surface area (Å²) in [6.07, 6.45) is 0. The highest BCUT2D eigenvalue weighted by Crippen LogP contribution is 3.00. The summed E-state index contributed by atoms with van der Waals surface area (Å²) in [5.74, 6) is 4.08. The summed E-state index contributed by atoms with van der Waals surface area (Å²) in [7, 11) is 0. The first-order chi connectivity index (χ1) is 7.19. The molecular formula is C11H12BrNO2. The van der Waals surface area contributed by atoms with Crippen molar-refractivity contribution in [3.05, 3.63) is 0 Å². The summed E-state index contributed by atoms with van der Waals surface area (Å²) in [5, 5.41) is 0. The van der Waals surface area contributed by atoms with Crippen LogP contribution in [0.2, 0.25) is 0 Å². The molecule has 1 aliphatic heterocycles. The van der Waals surface area contributed by atoms with E-state index in [2.05, 4.69) is 15.9 Å². The molecule has 2 bridgehead atoms. The molecule has 1 heterocycles. The zero-order chi connectivity index (χ0) is 9.79. The highest BCUT2D eigenvalue weighted by Gasteiger charge is 3.08. The van der Waals surface area contributed by atoms with Crippen molar-refractivity contribution in [2.45, 2.75) is 15.7 Å². The first-order valence-corrected chi connectivity index (χ1v) is 6.74. The molecule has 7 rings (SSSR count). The van der Waals surface area contributed by atoms with Gasteiger partial charge in [0.2, 0.25) is 0 Å². The smallest absolute Gasteiger partial charge is 0.187 e. The van der Waals surface area contributed by atoms with Crippen molar-refractivity contribution in [1.29, 1.82) is 0 Å². The second-order valence-electron chi connectivity index (χ2n) is 6.29. The van der Waals surface area contributed by atoms with E-state index in [0.29, 0.717) is 17.8 Å². The number of hydrogen-bond acceptors (Lipinski definition) is 3.